The van der Waals surface area contributed by atoms with E-state index in [0.717, 1.165) is 18.7 Å². The van der Waals surface area contributed by atoms with Gasteiger partial charge in [0.1, 0.15) is 5.82 Å². The molecule has 4 rings (SSSR count). The van der Waals surface area contributed by atoms with Gasteiger partial charge in [0.05, 0.1) is 6.04 Å². The molecule has 160 valence electrons. The highest BCUT2D eigenvalue weighted by Crippen LogP contribution is 2.29. The summed E-state index contributed by atoms with van der Waals surface area (Å²) in [6.45, 7) is 3.49. The Labute approximate surface area is 183 Å². The molecule has 1 fully saturated rings. The lowest BCUT2D eigenvalue weighted by molar-refractivity contribution is 0.120. The first kappa shape index (κ1) is 21.1. The number of piperazine rings is 1. The van der Waals surface area contributed by atoms with Gasteiger partial charge in [-0.05, 0) is 35.2 Å². The van der Waals surface area contributed by atoms with Gasteiger partial charge in [-0.15, -0.1) is 0 Å². The number of amides is 2. The quantitative estimate of drug-likeness (QED) is 0.642. The smallest absolute Gasteiger partial charge is 0.317 e. The van der Waals surface area contributed by atoms with Gasteiger partial charge in [0.25, 0.3) is 0 Å². The minimum absolute atomic E-state index is 0.0491. The van der Waals surface area contributed by atoms with E-state index in [9.17, 15) is 9.18 Å². The highest BCUT2D eigenvalue weighted by atomic mass is 19.1. The molecule has 0 spiro atoms. The summed E-state index contributed by atoms with van der Waals surface area (Å²) in [5.41, 5.74) is 3.42. The molecule has 0 atom stereocenters. The van der Waals surface area contributed by atoms with E-state index >= 15 is 0 Å². The molecular weight excluding hydrogens is 389 g/mol. The molecule has 1 heterocycles. The van der Waals surface area contributed by atoms with Crippen LogP contribution >= 0.6 is 0 Å². The summed E-state index contributed by atoms with van der Waals surface area (Å²) in [6, 6.07) is 27.7. The van der Waals surface area contributed by atoms with Crippen LogP contribution in [0.3, 0.4) is 0 Å². The maximum Gasteiger partial charge on any atom is 0.317 e. The predicted octanol–water partition coefficient (Wildman–Crippen LogP) is 4.49. The highest BCUT2D eigenvalue weighted by molar-refractivity contribution is 5.74. The third kappa shape index (κ3) is 5.50. The first-order chi connectivity index (χ1) is 15.2. The summed E-state index contributed by atoms with van der Waals surface area (Å²) in [5, 5.41) is 2.97. The van der Waals surface area contributed by atoms with Crippen LogP contribution in [0.5, 0.6) is 0 Å². The lowest BCUT2D eigenvalue weighted by atomic mass is 9.96. The Hall–Kier alpha value is -3.18. The average Bonchev–Trinajstić information content (AvgIpc) is 2.81. The first-order valence-electron chi connectivity index (χ1n) is 10.8. The van der Waals surface area contributed by atoms with Crippen molar-refractivity contribution in [3.05, 3.63) is 107 Å². The number of benzene rings is 3. The number of rotatable bonds is 6. The maximum absolute atomic E-state index is 13.3. The summed E-state index contributed by atoms with van der Waals surface area (Å²) in [4.78, 5) is 16.9. The molecule has 4 nitrogen and oxygen atoms in total. The van der Waals surface area contributed by atoms with Crippen molar-refractivity contribution in [3.63, 3.8) is 0 Å². The number of urea groups is 1. The zero-order valence-corrected chi connectivity index (χ0v) is 17.6. The van der Waals surface area contributed by atoms with Crippen LogP contribution in [0.15, 0.2) is 84.9 Å². The molecule has 0 unspecified atom stereocenters. The zero-order chi connectivity index (χ0) is 21.5. The van der Waals surface area contributed by atoms with E-state index in [4.69, 9.17) is 0 Å². The molecule has 2 amide bonds. The summed E-state index contributed by atoms with van der Waals surface area (Å²) in [7, 11) is 0. The molecule has 1 saturated heterocycles. The number of hydrogen-bond donors (Lipinski definition) is 1. The van der Waals surface area contributed by atoms with Gasteiger partial charge in [0.15, 0.2) is 0 Å². The van der Waals surface area contributed by atoms with Crippen LogP contribution < -0.4 is 5.32 Å². The van der Waals surface area contributed by atoms with Crippen molar-refractivity contribution in [1.29, 1.82) is 0 Å². The van der Waals surface area contributed by atoms with Crippen LogP contribution in [0, 0.1) is 5.82 Å². The molecule has 0 saturated carbocycles. The number of halogens is 1. The Morgan fingerprint density at radius 1 is 0.839 bits per heavy atom. The molecular formula is C26H28FN3O. The second-order valence-electron chi connectivity index (χ2n) is 7.86. The van der Waals surface area contributed by atoms with E-state index in [1.54, 1.807) is 6.07 Å². The minimum atomic E-state index is -0.244. The fraction of sp³-hybridized carbons (Fsp3) is 0.269. The fourth-order valence-corrected chi connectivity index (χ4v) is 4.19. The number of nitrogens with zero attached hydrogens (tertiary/aromatic N) is 2. The molecule has 3 aromatic carbocycles. The second kappa shape index (κ2) is 10.2. The summed E-state index contributed by atoms with van der Waals surface area (Å²) in [5.74, 6) is -0.244. The molecule has 31 heavy (non-hydrogen) atoms. The number of carbonyl (C=O) groups is 1. The molecule has 0 bridgehead atoms. The van der Waals surface area contributed by atoms with E-state index in [0.29, 0.717) is 26.1 Å². The van der Waals surface area contributed by atoms with Crippen LogP contribution in [0.25, 0.3) is 0 Å². The molecule has 0 aromatic heterocycles. The normalized spacial score (nSPS) is 14.6. The molecule has 1 aliphatic rings. The fourth-order valence-electron chi connectivity index (χ4n) is 4.19. The van der Waals surface area contributed by atoms with E-state index in [1.165, 1.54) is 23.3 Å². The van der Waals surface area contributed by atoms with Crippen molar-refractivity contribution in [2.45, 2.75) is 12.5 Å². The van der Waals surface area contributed by atoms with Gasteiger partial charge in [-0.25, -0.2) is 9.18 Å². The molecule has 3 aromatic rings. The van der Waals surface area contributed by atoms with E-state index in [-0.39, 0.29) is 17.9 Å². The minimum Gasteiger partial charge on any atom is -0.338 e. The van der Waals surface area contributed by atoms with Crippen molar-refractivity contribution in [1.82, 2.24) is 15.1 Å². The molecule has 0 radical (unpaired) electrons. The summed E-state index contributed by atoms with van der Waals surface area (Å²) < 4.78 is 13.3. The van der Waals surface area contributed by atoms with Crippen molar-refractivity contribution in [2.24, 2.45) is 0 Å². The van der Waals surface area contributed by atoms with Crippen LogP contribution in [-0.2, 0) is 6.42 Å². The maximum atomic E-state index is 13.3. The van der Waals surface area contributed by atoms with Crippen LogP contribution in [0.1, 0.15) is 22.7 Å². The van der Waals surface area contributed by atoms with Crippen LogP contribution in [-0.4, -0.2) is 48.6 Å². The van der Waals surface area contributed by atoms with Gasteiger partial charge in [0.2, 0.25) is 0 Å². The highest BCUT2D eigenvalue weighted by Gasteiger charge is 2.27. The van der Waals surface area contributed by atoms with E-state index in [1.807, 2.05) is 23.1 Å². The lowest BCUT2D eigenvalue weighted by Gasteiger charge is -2.39. The molecule has 1 aliphatic heterocycles. The van der Waals surface area contributed by atoms with Crippen molar-refractivity contribution < 1.29 is 9.18 Å². The standard InChI is InChI=1S/C26H28FN3O/c27-24-13-7-8-21(20-24)14-15-28-26(31)30-18-16-29(17-19-30)25(22-9-3-1-4-10-22)23-11-5-2-6-12-23/h1-13,20,25H,14-19H2,(H,28,31). The number of nitrogens with one attached hydrogen (secondary N) is 1. The third-order valence-electron chi connectivity index (χ3n) is 5.78. The van der Waals surface area contributed by atoms with Gasteiger partial charge in [-0.3, -0.25) is 4.90 Å². The molecule has 0 aliphatic carbocycles. The predicted molar refractivity (Wildman–Crippen MR) is 121 cm³/mol. The van der Waals surface area contributed by atoms with Crippen molar-refractivity contribution in [2.75, 3.05) is 32.7 Å². The van der Waals surface area contributed by atoms with E-state index < -0.39 is 0 Å². The van der Waals surface area contributed by atoms with Gasteiger partial charge in [-0.1, -0.05) is 72.8 Å². The van der Waals surface area contributed by atoms with Gasteiger partial charge in [-0.2, -0.15) is 0 Å². The lowest BCUT2D eigenvalue weighted by Crippen LogP contribution is -2.52. The first-order valence-corrected chi connectivity index (χ1v) is 10.8. The van der Waals surface area contributed by atoms with Crippen molar-refractivity contribution in [3.8, 4) is 0 Å². The van der Waals surface area contributed by atoms with Crippen LogP contribution in [0.2, 0.25) is 0 Å². The second-order valence-corrected chi connectivity index (χ2v) is 7.86. The Kier molecular flexibility index (Phi) is 6.95. The SMILES string of the molecule is O=C(NCCc1cccc(F)c1)N1CCN(C(c2ccccc2)c2ccccc2)CC1. The third-order valence-corrected chi connectivity index (χ3v) is 5.78. The zero-order valence-electron chi connectivity index (χ0n) is 17.6. The number of carbonyl (C=O) groups excluding carboxylic acids is 1. The monoisotopic (exact) mass is 417 g/mol. The molecule has 5 heteroatoms. The Morgan fingerprint density at radius 2 is 1.45 bits per heavy atom. The topological polar surface area (TPSA) is 35.6 Å². The van der Waals surface area contributed by atoms with E-state index in [2.05, 4.69) is 58.7 Å². The Balaban J connectivity index is 1.33. The summed E-state index contributed by atoms with van der Waals surface area (Å²) >= 11 is 0. The number of hydrogen-bond acceptors (Lipinski definition) is 2. The molecule has 1 N–H and O–H groups in total. The average molecular weight is 418 g/mol. The van der Waals surface area contributed by atoms with Crippen molar-refractivity contribution >= 4 is 6.03 Å². The van der Waals surface area contributed by atoms with Crippen LogP contribution in [0.4, 0.5) is 9.18 Å². The van der Waals surface area contributed by atoms with Gasteiger partial charge in [0, 0.05) is 32.7 Å². The largest absolute Gasteiger partial charge is 0.338 e. The van der Waals surface area contributed by atoms with Gasteiger partial charge >= 0.3 is 6.03 Å². The summed E-state index contributed by atoms with van der Waals surface area (Å²) in [6.07, 6.45) is 0.619. The Bertz CT molecular complexity index is 933. The Morgan fingerprint density at radius 3 is 2.03 bits per heavy atom. The van der Waals surface area contributed by atoms with Gasteiger partial charge < -0.3 is 10.2 Å².